The van der Waals surface area contributed by atoms with Gasteiger partial charge in [-0.2, -0.15) is 5.10 Å². The van der Waals surface area contributed by atoms with E-state index in [1.807, 2.05) is 36.9 Å². The average Bonchev–Trinajstić information content (AvgIpc) is 3.12. The van der Waals surface area contributed by atoms with Crippen molar-refractivity contribution in [3.05, 3.63) is 41.3 Å². The first-order chi connectivity index (χ1) is 15.0. The van der Waals surface area contributed by atoms with E-state index in [1.165, 1.54) is 19.3 Å². The monoisotopic (exact) mass is 424 g/mol. The van der Waals surface area contributed by atoms with Gasteiger partial charge < -0.3 is 15.5 Å². The molecule has 3 heterocycles. The maximum absolute atomic E-state index is 12.9. The standard InChI is InChI=1S/C23H32N6O2/c1-16-14-17(2)29(27-16)21-9-8-18(15-24-21)22(30)28-12-10-20(11-13-28)26-23(31)25-19-6-4-3-5-7-19/h8-9,14-15,19-20H,3-7,10-13H2,1-2H3,(H2,25,26,31). The zero-order chi connectivity index (χ0) is 21.8. The number of aryl methyl sites for hydroxylation is 2. The van der Waals surface area contributed by atoms with Crippen LogP contribution in [-0.2, 0) is 0 Å². The van der Waals surface area contributed by atoms with Crippen molar-refractivity contribution in [2.24, 2.45) is 0 Å². The van der Waals surface area contributed by atoms with E-state index in [4.69, 9.17) is 0 Å². The number of nitrogens with zero attached hydrogens (tertiary/aromatic N) is 4. The number of hydrogen-bond acceptors (Lipinski definition) is 4. The predicted molar refractivity (Wildman–Crippen MR) is 118 cm³/mol. The molecule has 8 heteroatoms. The summed E-state index contributed by atoms with van der Waals surface area (Å²) in [4.78, 5) is 31.4. The summed E-state index contributed by atoms with van der Waals surface area (Å²) in [7, 11) is 0. The van der Waals surface area contributed by atoms with Crippen LogP contribution >= 0.6 is 0 Å². The van der Waals surface area contributed by atoms with Crippen molar-refractivity contribution in [2.45, 2.75) is 70.9 Å². The number of nitrogens with one attached hydrogen (secondary N) is 2. The molecular weight excluding hydrogens is 392 g/mol. The van der Waals surface area contributed by atoms with Crippen LogP contribution in [0.3, 0.4) is 0 Å². The number of hydrogen-bond donors (Lipinski definition) is 2. The molecule has 0 bridgehead atoms. The zero-order valence-electron chi connectivity index (χ0n) is 18.4. The molecule has 0 atom stereocenters. The summed E-state index contributed by atoms with van der Waals surface area (Å²) in [5.74, 6) is 0.687. The van der Waals surface area contributed by atoms with E-state index in [0.717, 1.165) is 37.1 Å². The fourth-order valence-corrected chi connectivity index (χ4v) is 4.57. The van der Waals surface area contributed by atoms with Crippen molar-refractivity contribution in [3.63, 3.8) is 0 Å². The predicted octanol–water partition coefficient (Wildman–Crippen LogP) is 3.12. The normalized spacial score (nSPS) is 18.1. The van der Waals surface area contributed by atoms with Crippen LogP contribution in [0.1, 0.15) is 66.7 Å². The maximum Gasteiger partial charge on any atom is 0.315 e. The molecule has 1 aliphatic carbocycles. The van der Waals surface area contributed by atoms with Gasteiger partial charge in [0.05, 0.1) is 11.3 Å². The molecule has 1 saturated heterocycles. The highest BCUT2D eigenvalue weighted by Crippen LogP contribution is 2.18. The molecule has 8 nitrogen and oxygen atoms in total. The average molecular weight is 425 g/mol. The van der Waals surface area contributed by atoms with Crippen LogP contribution in [0.5, 0.6) is 0 Å². The molecule has 2 N–H and O–H groups in total. The van der Waals surface area contributed by atoms with Crippen LogP contribution in [0.2, 0.25) is 0 Å². The minimum Gasteiger partial charge on any atom is -0.338 e. The lowest BCUT2D eigenvalue weighted by Gasteiger charge is -2.33. The molecule has 0 aromatic carbocycles. The van der Waals surface area contributed by atoms with Gasteiger partial charge in [0.1, 0.15) is 0 Å². The van der Waals surface area contributed by atoms with Crippen molar-refractivity contribution >= 4 is 11.9 Å². The van der Waals surface area contributed by atoms with E-state index < -0.39 is 0 Å². The molecule has 2 fully saturated rings. The molecule has 166 valence electrons. The largest absolute Gasteiger partial charge is 0.338 e. The molecule has 2 aromatic rings. The second-order valence-electron chi connectivity index (χ2n) is 8.76. The van der Waals surface area contributed by atoms with Crippen LogP contribution in [0.15, 0.2) is 24.4 Å². The first-order valence-electron chi connectivity index (χ1n) is 11.4. The molecule has 0 spiro atoms. The maximum atomic E-state index is 12.9. The summed E-state index contributed by atoms with van der Waals surface area (Å²) >= 11 is 0. The Bertz CT molecular complexity index is 909. The van der Waals surface area contributed by atoms with Crippen molar-refractivity contribution in [1.29, 1.82) is 0 Å². The lowest BCUT2D eigenvalue weighted by atomic mass is 9.96. The number of piperidine rings is 1. The first kappa shape index (κ1) is 21.3. The van der Waals surface area contributed by atoms with Crippen LogP contribution in [0, 0.1) is 13.8 Å². The molecule has 4 rings (SSSR count). The van der Waals surface area contributed by atoms with E-state index in [9.17, 15) is 9.59 Å². The molecule has 1 saturated carbocycles. The fraction of sp³-hybridized carbons (Fsp3) is 0.565. The second kappa shape index (κ2) is 9.49. The molecule has 2 aromatic heterocycles. The lowest BCUT2D eigenvalue weighted by Crippen LogP contribution is -2.51. The summed E-state index contributed by atoms with van der Waals surface area (Å²) in [6.07, 6.45) is 8.97. The number of amides is 3. The summed E-state index contributed by atoms with van der Waals surface area (Å²) in [6.45, 7) is 5.19. The van der Waals surface area contributed by atoms with Crippen LogP contribution in [0.25, 0.3) is 5.82 Å². The number of likely N-dealkylation sites (tertiary alicyclic amines) is 1. The van der Waals surface area contributed by atoms with E-state index in [1.54, 1.807) is 10.9 Å². The Balaban J connectivity index is 1.27. The van der Waals surface area contributed by atoms with E-state index in [2.05, 4.69) is 20.7 Å². The number of pyridine rings is 1. The van der Waals surface area contributed by atoms with Gasteiger partial charge in [0.15, 0.2) is 5.82 Å². The molecule has 0 unspecified atom stereocenters. The van der Waals surface area contributed by atoms with E-state index in [-0.39, 0.29) is 18.0 Å². The Morgan fingerprint density at radius 2 is 1.65 bits per heavy atom. The Labute approximate surface area is 183 Å². The highest BCUT2D eigenvalue weighted by Gasteiger charge is 2.25. The first-order valence-corrected chi connectivity index (χ1v) is 11.4. The van der Waals surface area contributed by atoms with Crippen molar-refractivity contribution in [1.82, 2.24) is 30.3 Å². The van der Waals surface area contributed by atoms with Crippen LogP contribution in [0.4, 0.5) is 4.79 Å². The quantitative estimate of drug-likeness (QED) is 0.789. The highest BCUT2D eigenvalue weighted by molar-refractivity contribution is 5.94. The van der Waals surface area contributed by atoms with Crippen molar-refractivity contribution < 1.29 is 9.59 Å². The van der Waals surface area contributed by atoms with Gasteiger partial charge in [-0.1, -0.05) is 19.3 Å². The molecular formula is C23H32N6O2. The van der Waals surface area contributed by atoms with E-state index in [0.29, 0.717) is 30.5 Å². The Hall–Kier alpha value is -2.90. The van der Waals surface area contributed by atoms with Gasteiger partial charge in [-0.3, -0.25) is 4.79 Å². The third kappa shape index (κ3) is 5.24. The van der Waals surface area contributed by atoms with Gasteiger partial charge in [-0.15, -0.1) is 0 Å². The minimum atomic E-state index is -0.0689. The SMILES string of the molecule is Cc1cc(C)n(-c2ccc(C(=O)N3CCC(NC(=O)NC4CCCCC4)CC3)cn2)n1. The third-order valence-electron chi connectivity index (χ3n) is 6.28. The summed E-state index contributed by atoms with van der Waals surface area (Å²) in [6, 6.07) is 5.98. The fourth-order valence-electron chi connectivity index (χ4n) is 4.57. The van der Waals surface area contributed by atoms with Gasteiger partial charge in [-0.25, -0.2) is 14.5 Å². The van der Waals surface area contributed by atoms with E-state index >= 15 is 0 Å². The summed E-state index contributed by atoms with van der Waals surface area (Å²) in [5, 5.41) is 10.6. The number of carbonyl (C=O) groups is 2. The second-order valence-corrected chi connectivity index (χ2v) is 8.76. The number of aromatic nitrogens is 3. The van der Waals surface area contributed by atoms with Gasteiger partial charge >= 0.3 is 6.03 Å². The highest BCUT2D eigenvalue weighted by atomic mass is 16.2. The molecule has 31 heavy (non-hydrogen) atoms. The smallest absolute Gasteiger partial charge is 0.315 e. The van der Waals surface area contributed by atoms with Crippen LogP contribution in [-0.4, -0.2) is 56.8 Å². The molecule has 2 aliphatic rings. The van der Waals surface area contributed by atoms with Gasteiger partial charge in [-0.05, 0) is 57.7 Å². The summed E-state index contributed by atoms with van der Waals surface area (Å²) < 4.78 is 1.78. The third-order valence-corrected chi connectivity index (χ3v) is 6.28. The Morgan fingerprint density at radius 1 is 0.968 bits per heavy atom. The Morgan fingerprint density at radius 3 is 2.23 bits per heavy atom. The van der Waals surface area contributed by atoms with Gasteiger partial charge in [0, 0.05) is 37.1 Å². The molecule has 1 aliphatic heterocycles. The number of carbonyl (C=O) groups excluding carboxylic acids is 2. The van der Waals surface area contributed by atoms with Gasteiger partial charge in [0.25, 0.3) is 5.91 Å². The van der Waals surface area contributed by atoms with Crippen molar-refractivity contribution in [2.75, 3.05) is 13.1 Å². The molecule has 3 amide bonds. The number of urea groups is 1. The van der Waals surface area contributed by atoms with Crippen molar-refractivity contribution in [3.8, 4) is 5.82 Å². The minimum absolute atomic E-state index is 0.0162. The molecule has 0 radical (unpaired) electrons. The van der Waals surface area contributed by atoms with Gasteiger partial charge in [0.2, 0.25) is 0 Å². The van der Waals surface area contributed by atoms with Crippen LogP contribution < -0.4 is 10.6 Å². The topological polar surface area (TPSA) is 92.2 Å². The summed E-state index contributed by atoms with van der Waals surface area (Å²) in [5.41, 5.74) is 2.52. The lowest BCUT2D eigenvalue weighted by molar-refractivity contribution is 0.0707. The Kier molecular flexibility index (Phi) is 6.53. The zero-order valence-corrected chi connectivity index (χ0v) is 18.4. The number of rotatable bonds is 4.